The van der Waals surface area contributed by atoms with E-state index in [1.165, 1.54) is 33.3 Å². The van der Waals surface area contributed by atoms with Crippen molar-refractivity contribution < 1.29 is 37.1 Å². The lowest BCUT2D eigenvalue weighted by Crippen LogP contribution is -2.36. The molecule has 0 aromatic heterocycles. The molecule has 0 aliphatic heterocycles. The summed E-state index contributed by atoms with van der Waals surface area (Å²) in [6.45, 7) is 1.21. The molecule has 1 aliphatic carbocycles. The van der Waals surface area contributed by atoms with Crippen molar-refractivity contribution in [1.29, 1.82) is 0 Å². The lowest BCUT2D eigenvalue weighted by atomic mass is 9.97. The Hall–Kier alpha value is -3.50. The van der Waals surface area contributed by atoms with Crippen LogP contribution in [0.5, 0.6) is 23.0 Å². The van der Waals surface area contributed by atoms with Gasteiger partial charge in [-0.25, -0.2) is 13.4 Å². The van der Waals surface area contributed by atoms with Crippen LogP contribution < -0.4 is 18.9 Å². The Morgan fingerprint density at radius 1 is 0.919 bits per heavy atom. The van der Waals surface area contributed by atoms with Gasteiger partial charge in [-0.1, -0.05) is 42.5 Å². The van der Waals surface area contributed by atoms with E-state index in [0.29, 0.717) is 9.37 Å². The number of methoxy groups -OCH3 is 2. The maximum Gasteiger partial charge on any atom is 0.353 e. The molecule has 0 N–H and O–H groups in total. The summed E-state index contributed by atoms with van der Waals surface area (Å²) in [7, 11) is 0.801. The molecular formula is C27H22BrFO7S. The van der Waals surface area contributed by atoms with Crippen molar-refractivity contribution in [3.05, 3.63) is 71.2 Å². The van der Waals surface area contributed by atoms with Gasteiger partial charge in [-0.05, 0) is 40.2 Å². The second kappa shape index (κ2) is 10.9. The highest BCUT2D eigenvalue weighted by molar-refractivity contribution is 9.10. The van der Waals surface area contributed by atoms with E-state index in [-0.39, 0.29) is 45.1 Å². The van der Waals surface area contributed by atoms with E-state index in [9.17, 15) is 13.8 Å². The van der Waals surface area contributed by atoms with E-state index < -0.39 is 28.4 Å². The molecule has 10 heteroatoms. The SMILES string of the molecule is COc1c(OC)c(OC(=O)C2(F)C=CC=CC2)c2c(S(=O)c3ccccc3Br)cccc2c1OC(C)=O. The number of alkyl halides is 1. The summed E-state index contributed by atoms with van der Waals surface area (Å²) in [5.41, 5.74) is -2.43. The summed E-state index contributed by atoms with van der Waals surface area (Å²) in [5.74, 6) is -2.27. The zero-order chi connectivity index (χ0) is 26.7. The third-order valence-electron chi connectivity index (χ3n) is 5.56. The summed E-state index contributed by atoms with van der Waals surface area (Å²) in [6, 6.07) is 11.7. The van der Waals surface area contributed by atoms with E-state index in [1.807, 2.05) is 0 Å². The summed E-state index contributed by atoms with van der Waals surface area (Å²) in [6.07, 6.45) is 5.43. The molecule has 0 saturated heterocycles. The van der Waals surface area contributed by atoms with Gasteiger partial charge >= 0.3 is 11.9 Å². The normalized spacial score (nSPS) is 17.3. The van der Waals surface area contributed by atoms with Crippen molar-refractivity contribution >= 4 is 49.4 Å². The first-order valence-electron chi connectivity index (χ1n) is 11.0. The van der Waals surface area contributed by atoms with Gasteiger partial charge in [-0.15, -0.1) is 0 Å². The summed E-state index contributed by atoms with van der Waals surface area (Å²) in [5, 5.41) is 0.387. The van der Waals surface area contributed by atoms with Crippen LogP contribution in [0.4, 0.5) is 4.39 Å². The maximum atomic E-state index is 15.5. The number of hydrogen-bond donors (Lipinski definition) is 0. The van der Waals surface area contributed by atoms with Crippen molar-refractivity contribution in [2.45, 2.75) is 28.8 Å². The number of esters is 2. The Labute approximate surface area is 223 Å². The maximum absolute atomic E-state index is 15.5. The zero-order valence-electron chi connectivity index (χ0n) is 20.1. The van der Waals surface area contributed by atoms with E-state index in [1.54, 1.807) is 48.5 Å². The lowest BCUT2D eigenvalue weighted by Gasteiger charge is -2.24. The fourth-order valence-corrected chi connectivity index (χ4v) is 5.90. The monoisotopic (exact) mass is 588 g/mol. The third kappa shape index (κ3) is 5.03. The van der Waals surface area contributed by atoms with Crippen LogP contribution in [0, 0.1) is 0 Å². The highest BCUT2D eigenvalue weighted by atomic mass is 79.9. The van der Waals surface area contributed by atoms with Gasteiger partial charge in [-0.2, -0.15) is 0 Å². The smallest absolute Gasteiger partial charge is 0.353 e. The number of allylic oxidation sites excluding steroid dienone is 3. The van der Waals surface area contributed by atoms with Crippen LogP contribution in [0.3, 0.4) is 0 Å². The minimum absolute atomic E-state index is 0.0249. The van der Waals surface area contributed by atoms with Crippen LogP contribution in [0.15, 0.2) is 81.0 Å². The summed E-state index contributed by atoms with van der Waals surface area (Å²) in [4.78, 5) is 25.8. The number of carbonyl (C=O) groups excluding carboxylic acids is 2. The van der Waals surface area contributed by atoms with Gasteiger partial charge in [0.2, 0.25) is 17.2 Å². The van der Waals surface area contributed by atoms with E-state index in [2.05, 4.69) is 15.9 Å². The second-order valence-electron chi connectivity index (χ2n) is 7.94. The molecule has 192 valence electrons. The molecule has 0 spiro atoms. The molecule has 3 aromatic rings. The topological polar surface area (TPSA) is 88.1 Å². The van der Waals surface area contributed by atoms with Crippen LogP contribution in [0.2, 0.25) is 0 Å². The molecule has 2 unspecified atom stereocenters. The van der Waals surface area contributed by atoms with Crippen LogP contribution in [-0.2, 0) is 20.4 Å². The molecule has 0 amide bonds. The van der Waals surface area contributed by atoms with Gasteiger partial charge in [-0.3, -0.25) is 4.79 Å². The van der Waals surface area contributed by atoms with Crippen molar-refractivity contribution in [1.82, 2.24) is 0 Å². The first-order valence-corrected chi connectivity index (χ1v) is 13.0. The Morgan fingerprint density at radius 2 is 1.59 bits per heavy atom. The number of halogens is 2. The lowest BCUT2D eigenvalue weighted by molar-refractivity contribution is -0.144. The molecule has 0 saturated carbocycles. The van der Waals surface area contributed by atoms with Crippen LogP contribution in [-0.4, -0.2) is 36.0 Å². The molecule has 2 atom stereocenters. The number of carbonyl (C=O) groups is 2. The van der Waals surface area contributed by atoms with Gasteiger partial charge in [0.1, 0.15) is 0 Å². The van der Waals surface area contributed by atoms with Gasteiger partial charge in [0.15, 0.2) is 11.5 Å². The molecule has 37 heavy (non-hydrogen) atoms. The number of hydrogen-bond acceptors (Lipinski definition) is 7. The van der Waals surface area contributed by atoms with Gasteiger partial charge in [0.25, 0.3) is 0 Å². The van der Waals surface area contributed by atoms with Gasteiger partial charge < -0.3 is 18.9 Å². The van der Waals surface area contributed by atoms with Crippen molar-refractivity contribution in [3.8, 4) is 23.0 Å². The summed E-state index contributed by atoms with van der Waals surface area (Å²) >= 11 is 3.42. The van der Waals surface area contributed by atoms with E-state index in [0.717, 1.165) is 6.08 Å². The van der Waals surface area contributed by atoms with E-state index in [4.69, 9.17) is 18.9 Å². The fraction of sp³-hybridized carbons (Fsp3) is 0.185. The molecule has 0 fully saturated rings. The van der Waals surface area contributed by atoms with E-state index >= 15 is 4.39 Å². The molecule has 0 bridgehead atoms. The molecule has 3 aromatic carbocycles. The van der Waals surface area contributed by atoms with Crippen LogP contribution in [0.1, 0.15) is 13.3 Å². The third-order valence-corrected chi connectivity index (χ3v) is 8.01. The highest BCUT2D eigenvalue weighted by Crippen LogP contribution is 2.53. The van der Waals surface area contributed by atoms with Gasteiger partial charge in [0.05, 0.1) is 34.8 Å². The van der Waals surface area contributed by atoms with Crippen molar-refractivity contribution in [2.24, 2.45) is 0 Å². The molecule has 4 rings (SSSR count). The number of rotatable bonds is 7. The minimum atomic E-state index is -2.43. The quantitative estimate of drug-likeness (QED) is 0.253. The van der Waals surface area contributed by atoms with Gasteiger partial charge in [0, 0.05) is 28.6 Å². The average Bonchev–Trinajstić information content (AvgIpc) is 2.89. The largest absolute Gasteiger partial charge is 0.490 e. The second-order valence-corrected chi connectivity index (χ2v) is 10.2. The first-order chi connectivity index (χ1) is 17.7. The van der Waals surface area contributed by atoms with Crippen molar-refractivity contribution in [3.63, 3.8) is 0 Å². The van der Waals surface area contributed by atoms with Crippen LogP contribution >= 0.6 is 15.9 Å². The standard InChI is InChI=1S/C27H22BrFO7S/c1-16(30)35-22-17-10-9-13-20(37(32)19-12-6-5-11-18(19)28)21(17)23(25(34-3)24(22)33-2)36-26(31)27(29)14-7-4-8-15-27/h4-14H,15H2,1-3H3. The first kappa shape index (κ1) is 26.6. The zero-order valence-corrected chi connectivity index (χ0v) is 22.5. The molecule has 1 aliphatic rings. The molecule has 0 heterocycles. The Bertz CT molecular complexity index is 1480. The Morgan fingerprint density at radius 3 is 2.22 bits per heavy atom. The Kier molecular flexibility index (Phi) is 7.79. The molecule has 7 nitrogen and oxygen atoms in total. The number of ether oxygens (including phenoxy) is 4. The average molecular weight is 589 g/mol. The van der Waals surface area contributed by atoms with Crippen LogP contribution in [0.25, 0.3) is 10.8 Å². The fourth-order valence-electron chi connectivity index (χ4n) is 3.90. The molecular weight excluding hydrogens is 567 g/mol. The summed E-state index contributed by atoms with van der Waals surface area (Å²) < 4.78 is 52.0. The van der Waals surface area contributed by atoms with Crippen molar-refractivity contribution in [2.75, 3.05) is 14.2 Å². The Balaban J connectivity index is 2.05. The highest BCUT2D eigenvalue weighted by Gasteiger charge is 2.40. The predicted octanol–water partition coefficient (Wildman–Crippen LogP) is 5.84. The number of benzene rings is 3. The number of fused-ring (bicyclic) bond motifs is 1. The predicted molar refractivity (Wildman–Crippen MR) is 140 cm³/mol. The molecule has 0 radical (unpaired) electrons. The minimum Gasteiger partial charge on any atom is -0.490 e.